The Kier molecular flexibility index (Phi) is 8.91. The smallest absolute Gasteiger partial charge is 0.320 e. The Hall–Kier alpha value is -1.36. The normalized spacial score (nSPS) is 13.1. The van der Waals surface area contributed by atoms with E-state index in [1.165, 1.54) is 0 Å². The highest BCUT2D eigenvalue weighted by Gasteiger charge is 2.17. The topological polar surface area (TPSA) is 106 Å². The average Bonchev–Trinajstić information content (AvgIpc) is 2.16. The van der Waals surface area contributed by atoms with Crippen LogP contribution in [-0.2, 0) is 9.59 Å². The Balaban J connectivity index is 0. The van der Waals surface area contributed by atoms with Crippen molar-refractivity contribution in [1.29, 1.82) is 0 Å². The average molecular weight is 202 g/mol. The molecular formula is C9H18N2O3. The van der Waals surface area contributed by atoms with Gasteiger partial charge in [-0.25, -0.2) is 0 Å². The monoisotopic (exact) mass is 202 g/mol. The molecule has 0 saturated carbocycles. The van der Waals surface area contributed by atoms with E-state index >= 15 is 0 Å². The maximum Gasteiger partial charge on any atom is 0.320 e. The predicted octanol–water partition coefficient (Wildman–Crippen LogP) is 0.102. The first-order valence-corrected chi connectivity index (χ1v) is 4.27. The molecule has 5 heteroatoms. The number of hydrogen-bond donors (Lipinski definition) is 3. The van der Waals surface area contributed by atoms with E-state index in [0.717, 1.165) is 12.5 Å². The number of nitrogens with two attached hydrogens (primary N) is 2. The van der Waals surface area contributed by atoms with Crippen LogP contribution in [0, 0.1) is 5.92 Å². The first-order chi connectivity index (χ1) is 6.36. The first kappa shape index (κ1) is 15.1. The van der Waals surface area contributed by atoms with Crippen LogP contribution in [0.1, 0.15) is 20.3 Å². The molecule has 0 radical (unpaired) electrons. The molecule has 0 spiro atoms. The van der Waals surface area contributed by atoms with E-state index in [1.807, 2.05) is 13.8 Å². The van der Waals surface area contributed by atoms with Crippen molar-refractivity contribution in [3.05, 3.63) is 12.7 Å². The van der Waals surface area contributed by atoms with Gasteiger partial charge in [-0.3, -0.25) is 9.59 Å². The second-order valence-corrected chi connectivity index (χ2v) is 2.86. The largest absolute Gasteiger partial charge is 0.480 e. The molecule has 0 saturated heterocycles. The summed E-state index contributed by atoms with van der Waals surface area (Å²) < 4.78 is 0. The summed E-state index contributed by atoms with van der Waals surface area (Å²) in [7, 11) is 0. The summed E-state index contributed by atoms with van der Waals surface area (Å²) in [5.41, 5.74) is 9.81. The molecule has 5 nitrogen and oxygen atoms in total. The first-order valence-electron chi connectivity index (χ1n) is 4.27. The summed E-state index contributed by atoms with van der Waals surface area (Å²) in [5, 5.41) is 8.36. The molecule has 0 heterocycles. The number of carbonyl (C=O) groups excluding carboxylic acids is 1. The predicted molar refractivity (Wildman–Crippen MR) is 54.5 cm³/mol. The fourth-order valence-electron chi connectivity index (χ4n) is 0.497. The zero-order chi connectivity index (χ0) is 11.7. The molecule has 14 heavy (non-hydrogen) atoms. The van der Waals surface area contributed by atoms with Crippen molar-refractivity contribution in [1.82, 2.24) is 0 Å². The quantitative estimate of drug-likeness (QED) is 0.562. The summed E-state index contributed by atoms with van der Waals surface area (Å²) in [5.74, 6) is -1.32. The number of aliphatic carboxylic acids is 1. The van der Waals surface area contributed by atoms with Crippen LogP contribution in [0.2, 0.25) is 0 Å². The molecular weight excluding hydrogens is 184 g/mol. The van der Waals surface area contributed by atoms with Crippen molar-refractivity contribution in [3.8, 4) is 0 Å². The minimum atomic E-state index is -0.913. The van der Waals surface area contributed by atoms with Crippen molar-refractivity contribution in [3.63, 3.8) is 0 Å². The van der Waals surface area contributed by atoms with Crippen molar-refractivity contribution >= 4 is 11.9 Å². The van der Waals surface area contributed by atoms with Crippen LogP contribution in [0.4, 0.5) is 0 Å². The number of rotatable bonds is 4. The molecule has 0 unspecified atom stereocenters. The summed E-state index contributed by atoms with van der Waals surface area (Å²) in [4.78, 5) is 19.6. The number of hydrogen-bond acceptors (Lipinski definition) is 3. The number of amides is 1. The number of carboxylic acid groups (broad SMARTS) is 1. The standard InChI is InChI=1S/C6H13NO2.C3H5NO/c1-3-4(2)5(7)6(8)9;1-2-3(4)5/h4-5H,3,7H2,1-2H3,(H,8,9);2H,1H2,(H2,4,5)/t4-,5-;/m1./s1. The maximum atomic E-state index is 10.2. The van der Waals surface area contributed by atoms with Gasteiger partial charge in [-0.05, 0) is 12.0 Å². The maximum absolute atomic E-state index is 10.2. The van der Waals surface area contributed by atoms with E-state index in [9.17, 15) is 9.59 Å². The van der Waals surface area contributed by atoms with E-state index in [4.69, 9.17) is 10.8 Å². The highest BCUT2D eigenvalue weighted by Crippen LogP contribution is 2.04. The molecule has 0 aromatic carbocycles. The van der Waals surface area contributed by atoms with Gasteiger partial charge < -0.3 is 16.6 Å². The number of primary amides is 1. The van der Waals surface area contributed by atoms with E-state index in [1.54, 1.807) is 0 Å². The van der Waals surface area contributed by atoms with E-state index in [2.05, 4.69) is 12.3 Å². The Labute approximate surface area is 83.8 Å². The summed E-state index contributed by atoms with van der Waals surface area (Å²) >= 11 is 0. The van der Waals surface area contributed by atoms with Gasteiger partial charge in [-0.1, -0.05) is 26.8 Å². The van der Waals surface area contributed by atoms with Crippen LogP contribution in [0.3, 0.4) is 0 Å². The molecule has 0 rings (SSSR count). The van der Waals surface area contributed by atoms with Gasteiger partial charge in [0.05, 0.1) is 0 Å². The van der Waals surface area contributed by atoms with Gasteiger partial charge in [-0.2, -0.15) is 0 Å². The molecule has 2 atom stereocenters. The van der Waals surface area contributed by atoms with Crippen LogP contribution in [0.25, 0.3) is 0 Å². The molecule has 5 N–H and O–H groups in total. The van der Waals surface area contributed by atoms with Crippen LogP contribution in [0.5, 0.6) is 0 Å². The highest BCUT2D eigenvalue weighted by molar-refractivity contribution is 5.84. The zero-order valence-electron chi connectivity index (χ0n) is 8.56. The molecule has 1 amide bonds. The van der Waals surface area contributed by atoms with Crippen molar-refractivity contribution in [2.24, 2.45) is 17.4 Å². The van der Waals surface area contributed by atoms with Crippen LogP contribution in [-0.4, -0.2) is 23.0 Å². The van der Waals surface area contributed by atoms with Crippen LogP contribution in [0.15, 0.2) is 12.7 Å². The fourth-order valence-corrected chi connectivity index (χ4v) is 0.497. The van der Waals surface area contributed by atoms with Crippen molar-refractivity contribution < 1.29 is 14.7 Å². The van der Waals surface area contributed by atoms with Gasteiger partial charge in [0.2, 0.25) is 5.91 Å². The number of carbonyl (C=O) groups is 2. The minimum Gasteiger partial charge on any atom is -0.480 e. The van der Waals surface area contributed by atoms with E-state index in [0.29, 0.717) is 0 Å². The van der Waals surface area contributed by atoms with Gasteiger partial charge in [-0.15, -0.1) is 0 Å². The fraction of sp³-hybridized carbons (Fsp3) is 0.556. The summed E-state index contributed by atoms with van der Waals surface area (Å²) in [6, 6.07) is -0.699. The van der Waals surface area contributed by atoms with Gasteiger partial charge in [0.15, 0.2) is 0 Å². The third kappa shape index (κ3) is 8.73. The van der Waals surface area contributed by atoms with Crippen LogP contribution >= 0.6 is 0 Å². The van der Waals surface area contributed by atoms with E-state index < -0.39 is 17.9 Å². The van der Waals surface area contributed by atoms with Crippen molar-refractivity contribution in [2.45, 2.75) is 26.3 Å². The molecule has 0 aliphatic rings. The zero-order valence-corrected chi connectivity index (χ0v) is 8.56. The second-order valence-electron chi connectivity index (χ2n) is 2.86. The lowest BCUT2D eigenvalue weighted by atomic mass is 10.0. The third-order valence-corrected chi connectivity index (χ3v) is 1.74. The lowest BCUT2D eigenvalue weighted by Crippen LogP contribution is -2.36. The van der Waals surface area contributed by atoms with Gasteiger partial charge >= 0.3 is 5.97 Å². The molecule has 82 valence electrons. The summed E-state index contributed by atoms with van der Waals surface area (Å²) in [6.07, 6.45) is 1.87. The molecule has 0 bridgehead atoms. The van der Waals surface area contributed by atoms with E-state index in [-0.39, 0.29) is 5.92 Å². The molecule has 0 fully saturated rings. The molecule has 0 aromatic rings. The molecule has 0 aliphatic carbocycles. The van der Waals surface area contributed by atoms with Gasteiger partial charge in [0.1, 0.15) is 6.04 Å². The lowest BCUT2D eigenvalue weighted by Gasteiger charge is -2.11. The second kappa shape index (κ2) is 8.25. The Morgan fingerprint density at radius 2 is 1.93 bits per heavy atom. The third-order valence-electron chi connectivity index (χ3n) is 1.74. The molecule has 0 aliphatic heterocycles. The Morgan fingerprint density at radius 1 is 1.57 bits per heavy atom. The molecule has 0 aromatic heterocycles. The SMILES string of the molecule is C=CC(N)=O.CC[C@@H](C)[C@@H](N)C(=O)O. The Bertz CT molecular complexity index is 204. The minimum absolute atomic E-state index is 0.0718. The Morgan fingerprint density at radius 3 is 2.00 bits per heavy atom. The van der Waals surface area contributed by atoms with Gasteiger partial charge in [0.25, 0.3) is 0 Å². The van der Waals surface area contributed by atoms with Gasteiger partial charge in [0, 0.05) is 0 Å². The number of carboxylic acids is 1. The van der Waals surface area contributed by atoms with Crippen molar-refractivity contribution in [2.75, 3.05) is 0 Å². The van der Waals surface area contributed by atoms with Crippen LogP contribution < -0.4 is 11.5 Å². The highest BCUT2D eigenvalue weighted by atomic mass is 16.4. The summed E-state index contributed by atoms with van der Waals surface area (Å²) in [6.45, 7) is 6.84. The lowest BCUT2D eigenvalue weighted by molar-refractivity contribution is -0.139.